The highest BCUT2D eigenvalue weighted by Crippen LogP contribution is 2.32. The lowest BCUT2D eigenvalue weighted by molar-refractivity contribution is -0.0600. The monoisotopic (exact) mass is 221 g/mol. The highest BCUT2D eigenvalue weighted by atomic mass is 19.1. The molecule has 0 aliphatic carbocycles. The summed E-state index contributed by atoms with van der Waals surface area (Å²) in [5.41, 5.74) is 2.28. The van der Waals surface area contributed by atoms with Crippen molar-refractivity contribution in [2.24, 2.45) is 0 Å². The molecule has 0 aromatic heterocycles. The van der Waals surface area contributed by atoms with Gasteiger partial charge in [-0.15, -0.1) is 0 Å². The van der Waals surface area contributed by atoms with Crippen molar-refractivity contribution in [3.8, 4) is 0 Å². The minimum atomic E-state index is -0.138. The molecule has 1 aromatic rings. The zero-order valence-corrected chi connectivity index (χ0v) is 9.29. The van der Waals surface area contributed by atoms with Crippen LogP contribution < -0.4 is 0 Å². The largest absolute Gasteiger partial charge is 0.358 e. The fraction of sp³-hybridized carbons (Fsp3) is 0.538. The van der Waals surface area contributed by atoms with Crippen molar-refractivity contribution in [2.75, 3.05) is 19.7 Å². The number of likely N-dealkylation sites (tertiary alicyclic amines) is 1. The smallest absolute Gasteiger partial charge is 0.137 e. The minimum absolute atomic E-state index is 0.0619. The molecule has 86 valence electrons. The van der Waals surface area contributed by atoms with Gasteiger partial charge in [-0.05, 0) is 42.5 Å². The van der Waals surface area contributed by atoms with Gasteiger partial charge in [0, 0.05) is 13.1 Å². The van der Waals surface area contributed by atoms with E-state index in [9.17, 15) is 4.39 Å². The van der Waals surface area contributed by atoms with Gasteiger partial charge in [0.2, 0.25) is 0 Å². The van der Waals surface area contributed by atoms with Crippen LogP contribution in [0.25, 0.3) is 0 Å². The Kier molecular flexibility index (Phi) is 2.65. The third kappa shape index (κ3) is 1.74. The number of halogens is 1. The molecule has 0 spiro atoms. The fourth-order valence-electron chi connectivity index (χ4n) is 2.68. The van der Waals surface area contributed by atoms with Gasteiger partial charge in [-0.2, -0.15) is 0 Å². The van der Waals surface area contributed by atoms with Gasteiger partial charge in [-0.3, -0.25) is 4.90 Å². The molecule has 0 bridgehead atoms. The first-order valence-corrected chi connectivity index (χ1v) is 5.98. The summed E-state index contributed by atoms with van der Waals surface area (Å²) in [6.45, 7) is 2.90. The Morgan fingerprint density at radius 1 is 1.25 bits per heavy atom. The molecule has 2 heterocycles. The third-order valence-electron chi connectivity index (χ3n) is 3.49. The number of fused-ring (bicyclic) bond motifs is 1. The van der Waals surface area contributed by atoms with Crippen LogP contribution in [0.2, 0.25) is 0 Å². The van der Waals surface area contributed by atoms with E-state index in [0.717, 1.165) is 30.6 Å². The van der Waals surface area contributed by atoms with Crippen molar-refractivity contribution in [2.45, 2.75) is 25.5 Å². The predicted octanol–water partition coefficient (Wildman–Crippen LogP) is 2.49. The number of ether oxygens (including phenoxy) is 1. The molecule has 0 unspecified atom stereocenters. The maximum Gasteiger partial charge on any atom is 0.137 e. The first kappa shape index (κ1) is 10.2. The van der Waals surface area contributed by atoms with Crippen LogP contribution in [0.4, 0.5) is 4.39 Å². The average molecular weight is 221 g/mol. The van der Waals surface area contributed by atoms with Crippen LogP contribution in [0.1, 0.15) is 30.2 Å². The first-order valence-electron chi connectivity index (χ1n) is 5.98. The summed E-state index contributed by atoms with van der Waals surface area (Å²) in [4.78, 5) is 2.36. The topological polar surface area (TPSA) is 12.5 Å². The standard InChI is InChI=1S/C13H16FNO/c14-11-3-4-12-10(9-11)5-8-16-13(12)15-6-1-2-7-15/h3-4,9,13H,1-2,5-8H2/t13-/m1/s1. The van der Waals surface area contributed by atoms with E-state index in [1.165, 1.54) is 18.9 Å². The summed E-state index contributed by atoms with van der Waals surface area (Å²) in [6, 6.07) is 5.07. The van der Waals surface area contributed by atoms with Crippen molar-refractivity contribution in [3.05, 3.63) is 35.1 Å². The number of hydrogen-bond donors (Lipinski definition) is 0. The molecule has 2 aliphatic rings. The Hall–Kier alpha value is -0.930. The molecule has 2 aliphatic heterocycles. The maximum absolute atomic E-state index is 13.1. The lowest BCUT2D eigenvalue weighted by atomic mass is 10.0. The quantitative estimate of drug-likeness (QED) is 0.722. The van der Waals surface area contributed by atoms with Crippen LogP contribution in [0.5, 0.6) is 0 Å². The molecule has 0 amide bonds. The van der Waals surface area contributed by atoms with E-state index in [1.54, 1.807) is 6.07 Å². The normalized spacial score (nSPS) is 25.7. The first-order chi connectivity index (χ1) is 7.84. The Bertz CT molecular complexity index is 388. The van der Waals surface area contributed by atoms with Crippen LogP contribution in [-0.2, 0) is 11.2 Å². The van der Waals surface area contributed by atoms with Gasteiger partial charge in [0.05, 0.1) is 6.61 Å². The van der Waals surface area contributed by atoms with Crippen LogP contribution in [0, 0.1) is 5.82 Å². The zero-order chi connectivity index (χ0) is 11.0. The summed E-state index contributed by atoms with van der Waals surface area (Å²) in [7, 11) is 0. The third-order valence-corrected chi connectivity index (χ3v) is 3.49. The minimum Gasteiger partial charge on any atom is -0.358 e. The maximum atomic E-state index is 13.1. The van der Waals surface area contributed by atoms with Crippen molar-refractivity contribution >= 4 is 0 Å². The van der Waals surface area contributed by atoms with E-state index in [4.69, 9.17) is 4.74 Å². The average Bonchev–Trinajstić information content (AvgIpc) is 2.81. The van der Waals surface area contributed by atoms with E-state index in [0.29, 0.717) is 6.61 Å². The molecule has 2 nitrogen and oxygen atoms in total. The molecular weight excluding hydrogens is 205 g/mol. The van der Waals surface area contributed by atoms with Gasteiger partial charge in [0.1, 0.15) is 12.0 Å². The van der Waals surface area contributed by atoms with E-state index < -0.39 is 0 Å². The van der Waals surface area contributed by atoms with Crippen LogP contribution in [0.3, 0.4) is 0 Å². The number of benzene rings is 1. The van der Waals surface area contributed by atoms with Crippen LogP contribution in [0.15, 0.2) is 18.2 Å². The second-order valence-electron chi connectivity index (χ2n) is 4.56. The summed E-state index contributed by atoms with van der Waals surface area (Å²) in [6.07, 6.45) is 3.39. The van der Waals surface area contributed by atoms with Crippen molar-refractivity contribution < 1.29 is 9.13 Å². The molecule has 0 radical (unpaired) electrons. The molecule has 1 fully saturated rings. The van der Waals surface area contributed by atoms with Crippen LogP contribution >= 0.6 is 0 Å². The molecule has 0 N–H and O–H groups in total. The molecule has 1 atom stereocenters. The summed E-state index contributed by atoms with van der Waals surface area (Å²) < 4.78 is 19.0. The summed E-state index contributed by atoms with van der Waals surface area (Å²) in [5.74, 6) is -0.138. The van der Waals surface area contributed by atoms with Crippen LogP contribution in [-0.4, -0.2) is 24.6 Å². The zero-order valence-electron chi connectivity index (χ0n) is 9.29. The summed E-state index contributed by atoms with van der Waals surface area (Å²) >= 11 is 0. The Morgan fingerprint density at radius 2 is 2.06 bits per heavy atom. The lowest BCUT2D eigenvalue weighted by Crippen LogP contribution is -2.31. The molecular formula is C13H16FNO. The molecule has 16 heavy (non-hydrogen) atoms. The number of rotatable bonds is 1. The molecule has 1 aromatic carbocycles. The van der Waals surface area contributed by atoms with Gasteiger partial charge in [-0.25, -0.2) is 4.39 Å². The Labute approximate surface area is 95.0 Å². The Morgan fingerprint density at radius 3 is 2.88 bits per heavy atom. The number of hydrogen-bond acceptors (Lipinski definition) is 2. The lowest BCUT2D eigenvalue weighted by Gasteiger charge is -2.32. The highest BCUT2D eigenvalue weighted by Gasteiger charge is 2.28. The summed E-state index contributed by atoms with van der Waals surface area (Å²) in [5, 5.41) is 0. The van der Waals surface area contributed by atoms with Crippen molar-refractivity contribution in [3.63, 3.8) is 0 Å². The van der Waals surface area contributed by atoms with E-state index >= 15 is 0 Å². The van der Waals surface area contributed by atoms with E-state index in [2.05, 4.69) is 4.90 Å². The number of nitrogens with zero attached hydrogens (tertiary/aromatic N) is 1. The molecule has 3 heteroatoms. The molecule has 3 rings (SSSR count). The van der Waals surface area contributed by atoms with Gasteiger partial charge < -0.3 is 4.74 Å². The van der Waals surface area contributed by atoms with E-state index in [-0.39, 0.29) is 12.0 Å². The second kappa shape index (κ2) is 4.15. The van der Waals surface area contributed by atoms with Crippen molar-refractivity contribution in [1.82, 2.24) is 4.90 Å². The fourth-order valence-corrected chi connectivity index (χ4v) is 2.68. The van der Waals surface area contributed by atoms with Gasteiger partial charge in [0.15, 0.2) is 0 Å². The predicted molar refractivity (Wildman–Crippen MR) is 59.6 cm³/mol. The van der Waals surface area contributed by atoms with Gasteiger partial charge >= 0.3 is 0 Å². The SMILES string of the molecule is Fc1ccc2c(c1)CCO[C@H]2N1CCCC1. The second-order valence-corrected chi connectivity index (χ2v) is 4.56. The Balaban J connectivity index is 1.93. The highest BCUT2D eigenvalue weighted by molar-refractivity contribution is 5.31. The van der Waals surface area contributed by atoms with Crippen molar-refractivity contribution in [1.29, 1.82) is 0 Å². The van der Waals surface area contributed by atoms with Gasteiger partial charge in [-0.1, -0.05) is 6.07 Å². The van der Waals surface area contributed by atoms with E-state index in [1.807, 2.05) is 6.07 Å². The molecule has 0 saturated carbocycles. The molecule has 1 saturated heterocycles. The van der Waals surface area contributed by atoms with Gasteiger partial charge in [0.25, 0.3) is 0 Å².